The van der Waals surface area contributed by atoms with E-state index >= 15 is 0 Å². The molecule has 2 N–H and O–H groups in total. The van der Waals surface area contributed by atoms with Gasteiger partial charge in [-0.1, -0.05) is 12.1 Å². The van der Waals surface area contributed by atoms with Crippen molar-refractivity contribution in [1.29, 1.82) is 0 Å². The minimum Gasteiger partial charge on any atom is -0.451 e. The van der Waals surface area contributed by atoms with E-state index in [-0.39, 0.29) is 22.5 Å². The molecule has 0 saturated carbocycles. The van der Waals surface area contributed by atoms with Gasteiger partial charge in [-0.15, -0.1) is 0 Å². The Kier molecular flexibility index (Phi) is 5.40. The number of nitro benzene ring substituents is 1. The predicted octanol–water partition coefficient (Wildman–Crippen LogP) is 2.85. The van der Waals surface area contributed by atoms with Crippen molar-refractivity contribution in [1.82, 2.24) is 4.98 Å². The molecule has 1 amide bonds. The Labute approximate surface area is 164 Å². The number of pyridine rings is 1. The number of nitro groups is 1. The number of ether oxygens (including phenoxy) is 1. The number of aromatic amines is 1. The molecule has 0 unspecified atom stereocenters. The molecule has 0 bridgehead atoms. The Morgan fingerprint density at radius 2 is 1.83 bits per heavy atom. The fourth-order valence-corrected chi connectivity index (χ4v) is 2.75. The van der Waals surface area contributed by atoms with Gasteiger partial charge in [0, 0.05) is 23.0 Å². The molecule has 0 aliphatic rings. The van der Waals surface area contributed by atoms with Crippen LogP contribution in [0.1, 0.15) is 21.6 Å². The van der Waals surface area contributed by atoms with Gasteiger partial charge in [0.05, 0.1) is 4.92 Å². The Hall–Kier alpha value is -4.01. The van der Waals surface area contributed by atoms with Gasteiger partial charge < -0.3 is 15.0 Å². The summed E-state index contributed by atoms with van der Waals surface area (Å²) in [7, 11) is 0. The summed E-state index contributed by atoms with van der Waals surface area (Å²) in [4.78, 5) is 49.8. The van der Waals surface area contributed by atoms with Crippen LogP contribution in [0.25, 0.3) is 10.9 Å². The largest absolute Gasteiger partial charge is 0.451 e. The van der Waals surface area contributed by atoms with Crippen molar-refractivity contribution < 1.29 is 19.2 Å². The standard InChI is InChI=1S/C20H17N3O6/c1-11-7-15(17(23(27)28)8-12(11)2)22-19(25)10-29-20(26)16-9-18(24)13-5-3-4-6-14(13)21-16/h3-9H,10H2,1-2H3,(H,21,24)(H,22,25). The lowest BCUT2D eigenvalue weighted by molar-refractivity contribution is -0.384. The number of hydrogen-bond donors (Lipinski definition) is 2. The van der Waals surface area contributed by atoms with Gasteiger partial charge in [0.1, 0.15) is 11.4 Å². The van der Waals surface area contributed by atoms with Gasteiger partial charge in [0.15, 0.2) is 12.0 Å². The van der Waals surface area contributed by atoms with Crippen molar-refractivity contribution in [3.8, 4) is 0 Å². The molecule has 0 spiro atoms. The number of benzene rings is 2. The summed E-state index contributed by atoms with van der Waals surface area (Å²) in [6.07, 6.45) is 0. The first-order chi connectivity index (χ1) is 13.8. The Balaban J connectivity index is 1.72. The Bertz CT molecular complexity index is 1200. The quantitative estimate of drug-likeness (QED) is 0.388. The SMILES string of the molecule is Cc1cc(NC(=O)COC(=O)c2cc(=O)c3ccccc3[nH]2)c([N+](=O)[O-])cc1C. The normalized spacial score (nSPS) is 10.6. The maximum absolute atomic E-state index is 12.2. The van der Waals surface area contributed by atoms with Crippen molar-refractivity contribution >= 4 is 34.2 Å². The number of carbonyl (C=O) groups excluding carboxylic acids is 2. The monoisotopic (exact) mass is 395 g/mol. The third kappa shape index (κ3) is 4.29. The summed E-state index contributed by atoms with van der Waals surface area (Å²) >= 11 is 0. The lowest BCUT2D eigenvalue weighted by atomic mass is 10.1. The zero-order valence-corrected chi connectivity index (χ0v) is 15.6. The van der Waals surface area contributed by atoms with Crippen molar-refractivity contribution in [3.05, 3.63) is 79.6 Å². The molecule has 0 aliphatic heterocycles. The number of aromatic nitrogens is 1. The molecule has 2 aromatic carbocycles. The second-order valence-electron chi connectivity index (χ2n) is 6.43. The molecule has 1 aromatic heterocycles. The molecule has 9 nitrogen and oxygen atoms in total. The number of H-pyrrole nitrogens is 1. The number of nitrogens with zero attached hydrogens (tertiary/aromatic N) is 1. The van der Waals surface area contributed by atoms with Crippen LogP contribution in [-0.4, -0.2) is 28.4 Å². The number of carbonyl (C=O) groups is 2. The van der Waals surface area contributed by atoms with Gasteiger partial charge in [-0.3, -0.25) is 19.7 Å². The highest BCUT2D eigenvalue weighted by Crippen LogP contribution is 2.27. The molecule has 3 rings (SSSR count). The molecule has 3 aromatic rings. The zero-order chi connectivity index (χ0) is 21.1. The Morgan fingerprint density at radius 1 is 1.14 bits per heavy atom. The summed E-state index contributed by atoms with van der Waals surface area (Å²) in [5.74, 6) is -1.63. The molecule has 1 heterocycles. The van der Waals surface area contributed by atoms with E-state index in [1.165, 1.54) is 12.1 Å². The first-order valence-electron chi connectivity index (χ1n) is 8.61. The molecular formula is C20H17N3O6. The van der Waals surface area contributed by atoms with E-state index in [1.54, 1.807) is 38.1 Å². The van der Waals surface area contributed by atoms with Crippen LogP contribution >= 0.6 is 0 Å². The summed E-state index contributed by atoms with van der Waals surface area (Å²) in [6, 6.07) is 10.6. The number of esters is 1. The van der Waals surface area contributed by atoms with Crippen molar-refractivity contribution in [3.63, 3.8) is 0 Å². The minimum atomic E-state index is -0.891. The lowest BCUT2D eigenvalue weighted by Gasteiger charge is -2.09. The molecule has 29 heavy (non-hydrogen) atoms. The van der Waals surface area contributed by atoms with Gasteiger partial charge in [0.2, 0.25) is 0 Å². The Morgan fingerprint density at radius 3 is 2.55 bits per heavy atom. The third-order valence-electron chi connectivity index (χ3n) is 4.37. The fraction of sp³-hybridized carbons (Fsp3) is 0.150. The average Bonchev–Trinajstić information content (AvgIpc) is 2.68. The van der Waals surface area contributed by atoms with E-state index < -0.39 is 23.4 Å². The molecule has 9 heteroatoms. The van der Waals surface area contributed by atoms with Gasteiger partial charge in [-0.25, -0.2) is 4.79 Å². The number of amides is 1. The number of anilines is 1. The van der Waals surface area contributed by atoms with Crippen LogP contribution in [0.4, 0.5) is 11.4 Å². The van der Waals surface area contributed by atoms with E-state index in [9.17, 15) is 24.5 Å². The molecular weight excluding hydrogens is 378 g/mol. The molecule has 148 valence electrons. The molecule has 0 fully saturated rings. The second-order valence-corrected chi connectivity index (χ2v) is 6.43. The minimum absolute atomic E-state index is 0.0123. The highest BCUT2D eigenvalue weighted by atomic mass is 16.6. The van der Waals surface area contributed by atoms with Crippen molar-refractivity contribution in [2.75, 3.05) is 11.9 Å². The van der Waals surface area contributed by atoms with E-state index in [0.29, 0.717) is 16.5 Å². The van der Waals surface area contributed by atoms with E-state index in [4.69, 9.17) is 4.74 Å². The fourth-order valence-electron chi connectivity index (χ4n) is 2.75. The van der Waals surface area contributed by atoms with Crippen LogP contribution in [0, 0.1) is 24.0 Å². The van der Waals surface area contributed by atoms with Crippen LogP contribution in [-0.2, 0) is 9.53 Å². The number of hydrogen-bond acceptors (Lipinski definition) is 6. The van der Waals surface area contributed by atoms with Crippen molar-refractivity contribution in [2.24, 2.45) is 0 Å². The second kappa shape index (κ2) is 7.93. The van der Waals surface area contributed by atoms with Crippen LogP contribution < -0.4 is 10.7 Å². The number of aryl methyl sites for hydroxylation is 2. The first-order valence-corrected chi connectivity index (χ1v) is 8.61. The third-order valence-corrected chi connectivity index (χ3v) is 4.37. The molecule has 0 radical (unpaired) electrons. The molecule has 0 aliphatic carbocycles. The average molecular weight is 395 g/mol. The summed E-state index contributed by atoms with van der Waals surface area (Å²) < 4.78 is 4.93. The van der Waals surface area contributed by atoms with Crippen LogP contribution in [0.5, 0.6) is 0 Å². The van der Waals surface area contributed by atoms with Gasteiger partial charge >= 0.3 is 5.97 Å². The highest BCUT2D eigenvalue weighted by molar-refractivity contribution is 5.97. The lowest BCUT2D eigenvalue weighted by Crippen LogP contribution is -2.22. The van der Waals surface area contributed by atoms with Gasteiger partial charge in [-0.2, -0.15) is 0 Å². The first kappa shape index (κ1) is 19.7. The van der Waals surface area contributed by atoms with E-state index in [1.807, 2.05) is 0 Å². The zero-order valence-electron chi connectivity index (χ0n) is 15.6. The maximum atomic E-state index is 12.2. The van der Waals surface area contributed by atoms with Crippen molar-refractivity contribution in [2.45, 2.75) is 13.8 Å². The number of para-hydroxylation sites is 1. The summed E-state index contributed by atoms with van der Waals surface area (Å²) in [5, 5.41) is 14.0. The molecule has 0 atom stereocenters. The van der Waals surface area contributed by atoms with Gasteiger partial charge in [-0.05, 0) is 43.2 Å². The highest BCUT2D eigenvalue weighted by Gasteiger charge is 2.19. The topological polar surface area (TPSA) is 131 Å². The van der Waals surface area contributed by atoms with Crippen LogP contribution in [0.3, 0.4) is 0 Å². The summed E-state index contributed by atoms with van der Waals surface area (Å²) in [5.41, 5.74) is 1.23. The predicted molar refractivity (Wildman–Crippen MR) is 106 cm³/mol. The maximum Gasteiger partial charge on any atom is 0.355 e. The van der Waals surface area contributed by atoms with Crippen LogP contribution in [0.2, 0.25) is 0 Å². The number of fused-ring (bicyclic) bond motifs is 1. The van der Waals surface area contributed by atoms with Gasteiger partial charge in [0.25, 0.3) is 11.6 Å². The van der Waals surface area contributed by atoms with E-state index in [2.05, 4.69) is 10.3 Å². The smallest absolute Gasteiger partial charge is 0.355 e. The summed E-state index contributed by atoms with van der Waals surface area (Å²) in [6.45, 7) is 2.81. The number of nitrogens with one attached hydrogen (secondary N) is 2. The van der Waals surface area contributed by atoms with E-state index in [0.717, 1.165) is 11.6 Å². The van der Waals surface area contributed by atoms with Crippen LogP contribution in [0.15, 0.2) is 47.3 Å². The number of rotatable bonds is 5. The molecule has 0 saturated heterocycles.